The van der Waals surface area contributed by atoms with E-state index >= 15 is 0 Å². The molecule has 1 amide bonds. The van der Waals surface area contributed by atoms with Crippen LogP contribution < -0.4 is 10.1 Å². The van der Waals surface area contributed by atoms with Gasteiger partial charge >= 0.3 is 0 Å². The maximum atomic E-state index is 12.7. The average molecular weight is 407 g/mol. The van der Waals surface area contributed by atoms with E-state index in [1.54, 1.807) is 24.9 Å². The number of fused-ring (bicyclic) bond motifs is 1. The average Bonchev–Trinajstić information content (AvgIpc) is 3.08. The molecule has 2 aromatic carbocycles. The quantitative estimate of drug-likeness (QED) is 0.538. The van der Waals surface area contributed by atoms with Gasteiger partial charge in [0.1, 0.15) is 5.75 Å². The molecule has 2 aromatic heterocycles. The molecule has 1 N–H and O–H groups in total. The number of aromatic nitrogens is 3. The number of methoxy groups -OCH3 is 1. The maximum Gasteiger partial charge on any atom is 0.272 e. The number of nitrogens with zero attached hydrogens (tertiary/aromatic N) is 3. The van der Waals surface area contributed by atoms with Crippen LogP contribution >= 0.6 is 11.6 Å². The fourth-order valence-corrected chi connectivity index (χ4v) is 3.43. The van der Waals surface area contributed by atoms with Crippen LogP contribution in [0, 0.1) is 0 Å². The zero-order chi connectivity index (χ0) is 20.4. The number of halogens is 1. The summed E-state index contributed by atoms with van der Waals surface area (Å²) in [5.41, 5.74) is 3.52. The van der Waals surface area contributed by atoms with Crippen LogP contribution in [-0.2, 0) is 13.6 Å². The van der Waals surface area contributed by atoms with Gasteiger partial charge in [-0.3, -0.25) is 4.79 Å². The Balaban J connectivity index is 1.64. The first-order valence-electron chi connectivity index (χ1n) is 9.06. The summed E-state index contributed by atoms with van der Waals surface area (Å²) in [6, 6.07) is 18.8. The Hall–Kier alpha value is -3.38. The molecule has 7 heteroatoms. The lowest BCUT2D eigenvalue weighted by molar-refractivity contribution is 0.0946. The molecule has 0 fully saturated rings. The molecule has 0 bridgehead atoms. The van der Waals surface area contributed by atoms with E-state index in [1.807, 2.05) is 54.6 Å². The molecule has 29 heavy (non-hydrogen) atoms. The van der Waals surface area contributed by atoms with Crippen LogP contribution in [0.1, 0.15) is 16.1 Å². The fraction of sp³-hybridized carbons (Fsp3) is 0.136. The molecule has 0 atom stereocenters. The minimum Gasteiger partial charge on any atom is -0.496 e. The van der Waals surface area contributed by atoms with Crippen molar-refractivity contribution in [3.63, 3.8) is 0 Å². The van der Waals surface area contributed by atoms with Gasteiger partial charge in [0.15, 0.2) is 11.3 Å². The summed E-state index contributed by atoms with van der Waals surface area (Å²) in [5, 5.41) is 8.60. The van der Waals surface area contributed by atoms with E-state index in [2.05, 4.69) is 10.4 Å². The molecule has 2 heterocycles. The van der Waals surface area contributed by atoms with Crippen LogP contribution in [-0.4, -0.2) is 27.8 Å². The third-order valence-corrected chi connectivity index (χ3v) is 4.86. The zero-order valence-corrected chi connectivity index (χ0v) is 16.8. The first-order chi connectivity index (χ1) is 14.1. The van der Waals surface area contributed by atoms with E-state index in [9.17, 15) is 4.79 Å². The molecule has 4 aromatic rings. The van der Waals surface area contributed by atoms with Crippen LogP contribution in [0.5, 0.6) is 5.75 Å². The monoisotopic (exact) mass is 406 g/mol. The number of carbonyl (C=O) groups excluding carboxylic acids is 1. The van der Waals surface area contributed by atoms with Crippen molar-refractivity contribution < 1.29 is 9.53 Å². The first kappa shape index (κ1) is 19.0. The van der Waals surface area contributed by atoms with Crippen LogP contribution in [0.3, 0.4) is 0 Å². The Morgan fingerprint density at radius 3 is 2.76 bits per heavy atom. The number of amides is 1. The molecular weight excluding hydrogens is 388 g/mol. The summed E-state index contributed by atoms with van der Waals surface area (Å²) in [7, 11) is 3.40. The highest BCUT2D eigenvalue weighted by Crippen LogP contribution is 2.30. The third-order valence-electron chi connectivity index (χ3n) is 4.63. The van der Waals surface area contributed by atoms with Crippen LogP contribution in [0.15, 0.2) is 60.7 Å². The highest BCUT2D eigenvalue weighted by Gasteiger charge is 2.18. The number of para-hydroxylation sites is 1. The van der Waals surface area contributed by atoms with Gasteiger partial charge in [0.25, 0.3) is 5.91 Å². The highest BCUT2D eigenvalue weighted by atomic mass is 35.5. The van der Waals surface area contributed by atoms with E-state index in [1.165, 1.54) is 0 Å². The first-order valence-corrected chi connectivity index (χ1v) is 9.44. The number of rotatable bonds is 5. The lowest BCUT2D eigenvalue weighted by Gasteiger charge is -2.08. The van der Waals surface area contributed by atoms with Crippen molar-refractivity contribution in [3.8, 4) is 17.0 Å². The summed E-state index contributed by atoms with van der Waals surface area (Å²) in [6.07, 6.45) is 0. The maximum absolute atomic E-state index is 12.7. The van der Waals surface area contributed by atoms with Gasteiger partial charge in [-0.05, 0) is 42.0 Å². The van der Waals surface area contributed by atoms with Crippen molar-refractivity contribution >= 4 is 28.5 Å². The Bertz CT molecular complexity index is 1200. The van der Waals surface area contributed by atoms with Gasteiger partial charge in [-0.15, -0.1) is 0 Å². The van der Waals surface area contributed by atoms with Crippen LogP contribution in [0.25, 0.3) is 22.3 Å². The third kappa shape index (κ3) is 3.79. The lowest BCUT2D eigenvalue weighted by Crippen LogP contribution is -2.23. The molecule has 146 valence electrons. The second-order valence-corrected chi connectivity index (χ2v) is 6.99. The second-order valence-electron chi connectivity index (χ2n) is 6.55. The number of pyridine rings is 1. The Kier molecular flexibility index (Phi) is 5.18. The number of nitrogens with one attached hydrogen (secondary N) is 1. The summed E-state index contributed by atoms with van der Waals surface area (Å²) in [4.78, 5) is 17.4. The zero-order valence-electron chi connectivity index (χ0n) is 16.0. The SMILES string of the molecule is COc1ccccc1-c1ccc2c(C(=O)NCc3cccc(Cl)c3)nn(C)c2n1. The van der Waals surface area contributed by atoms with Crippen molar-refractivity contribution in [2.45, 2.75) is 6.54 Å². The van der Waals surface area contributed by atoms with Crippen molar-refractivity contribution in [3.05, 3.63) is 76.9 Å². The molecular formula is C22H19ClN4O2. The number of hydrogen-bond acceptors (Lipinski definition) is 4. The lowest BCUT2D eigenvalue weighted by atomic mass is 10.1. The van der Waals surface area contributed by atoms with Crippen molar-refractivity contribution in [1.29, 1.82) is 0 Å². The number of hydrogen-bond donors (Lipinski definition) is 1. The van der Waals surface area contributed by atoms with Crippen molar-refractivity contribution in [2.75, 3.05) is 7.11 Å². The van der Waals surface area contributed by atoms with E-state index in [0.29, 0.717) is 28.3 Å². The number of benzene rings is 2. The summed E-state index contributed by atoms with van der Waals surface area (Å²) < 4.78 is 7.05. The molecule has 0 saturated carbocycles. The van der Waals surface area contributed by atoms with Gasteiger partial charge in [-0.2, -0.15) is 5.10 Å². The van der Waals surface area contributed by atoms with Crippen molar-refractivity contribution in [1.82, 2.24) is 20.1 Å². The standard InChI is InChI=1S/C22H19ClN4O2/c1-27-21-17(10-11-18(25-21)16-8-3-4-9-19(16)29-2)20(26-27)22(28)24-13-14-6-5-7-15(23)12-14/h3-12H,13H2,1-2H3,(H,24,28). The molecule has 0 unspecified atom stereocenters. The molecule has 0 saturated heterocycles. The summed E-state index contributed by atoms with van der Waals surface area (Å²) >= 11 is 6.00. The Morgan fingerprint density at radius 1 is 1.14 bits per heavy atom. The molecule has 0 aliphatic rings. The van der Waals surface area contributed by atoms with E-state index in [0.717, 1.165) is 22.6 Å². The number of aryl methyl sites for hydroxylation is 1. The Labute approximate surface area is 173 Å². The van der Waals surface area contributed by atoms with Crippen LogP contribution in [0.4, 0.5) is 0 Å². The minimum absolute atomic E-state index is 0.262. The molecule has 0 aliphatic carbocycles. The van der Waals surface area contributed by atoms with E-state index in [4.69, 9.17) is 21.3 Å². The van der Waals surface area contributed by atoms with Crippen LogP contribution in [0.2, 0.25) is 5.02 Å². The predicted octanol–water partition coefficient (Wildman–Crippen LogP) is 4.23. The highest BCUT2D eigenvalue weighted by molar-refractivity contribution is 6.30. The smallest absolute Gasteiger partial charge is 0.272 e. The molecule has 0 aliphatic heterocycles. The van der Waals surface area contributed by atoms with Gasteiger partial charge in [0, 0.05) is 24.2 Å². The normalized spacial score (nSPS) is 10.9. The molecule has 6 nitrogen and oxygen atoms in total. The van der Waals surface area contributed by atoms with Crippen molar-refractivity contribution in [2.24, 2.45) is 7.05 Å². The number of carbonyl (C=O) groups is 1. The molecule has 0 radical (unpaired) electrons. The largest absolute Gasteiger partial charge is 0.496 e. The topological polar surface area (TPSA) is 69.0 Å². The van der Waals surface area contributed by atoms with E-state index in [-0.39, 0.29) is 5.91 Å². The summed E-state index contributed by atoms with van der Waals surface area (Å²) in [6.45, 7) is 0.365. The van der Waals surface area contributed by atoms with Gasteiger partial charge < -0.3 is 10.1 Å². The van der Waals surface area contributed by atoms with Gasteiger partial charge in [-0.25, -0.2) is 9.67 Å². The Morgan fingerprint density at radius 2 is 1.97 bits per heavy atom. The van der Waals surface area contributed by atoms with Gasteiger partial charge in [0.2, 0.25) is 0 Å². The fourth-order valence-electron chi connectivity index (χ4n) is 3.22. The van der Waals surface area contributed by atoms with Gasteiger partial charge in [0.05, 0.1) is 18.2 Å². The van der Waals surface area contributed by atoms with Gasteiger partial charge in [-0.1, -0.05) is 35.9 Å². The summed E-state index contributed by atoms with van der Waals surface area (Å²) in [5.74, 6) is 0.475. The van der Waals surface area contributed by atoms with E-state index < -0.39 is 0 Å². The molecule has 0 spiro atoms. The second kappa shape index (κ2) is 7.93. The minimum atomic E-state index is -0.262. The predicted molar refractivity (Wildman–Crippen MR) is 113 cm³/mol. The molecule has 4 rings (SSSR count). The number of ether oxygens (including phenoxy) is 1.